The molecule has 9 nitrogen and oxygen atoms in total. The van der Waals surface area contributed by atoms with Crippen molar-refractivity contribution < 1.29 is 14.2 Å². The van der Waals surface area contributed by atoms with Crippen LogP contribution >= 0.6 is 11.6 Å². The largest absolute Gasteiger partial charge is 0.389 e. The van der Waals surface area contributed by atoms with Crippen LogP contribution in [0.25, 0.3) is 0 Å². The molecule has 0 spiro atoms. The number of hydrogen-bond acceptors (Lipinski definition) is 6. The van der Waals surface area contributed by atoms with Gasteiger partial charge in [-0.05, 0) is 36.5 Å². The van der Waals surface area contributed by atoms with Gasteiger partial charge in [0, 0.05) is 10.7 Å². The molecule has 0 fully saturated rings. The van der Waals surface area contributed by atoms with E-state index in [1.165, 1.54) is 16.9 Å². The summed E-state index contributed by atoms with van der Waals surface area (Å²) in [6, 6.07) is 6.43. The highest BCUT2D eigenvalue weighted by atomic mass is 35.5. The second-order valence-electron chi connectivity index (χ2n) is 5.61. The monoisotopic (exact) mass is 375 g/mol. The molecule has 0 saturated carbocycles. The first-order chi connectivity index (χ1) is 12.3. The number of carbonyl (C=O) groups excluding carboxylic acids is 1. The van der Waals surface area contributed by atoms with Gasteiger partial charge in [-0.2, -0.15) is 4.68 Å². The van der Waals surface area contributed by atoms with Gasteiger partial charge in [-0.3, -0.25) is 4.79 Å². The Hall–Kier alpha value is -3.20. The number of nitrogens with one attached hydrogen (secondary N) is 1. The third-order valence-electron chi connectivity index (χ3n) is 3.78. The Morgan fingerprint density at radius 3 is 2.85 bits per heavy atom. The predicted molar refractivity (Wildman–Crippen MR) is 93.4 cm³/mol. The molecule has 1 N–H and O–H groups in total. The van der Waals surface area contributed by atoms with Gasteiger partial charge >= 0.3 is 5.82 Å². The molecule has 2 heterocycles. The summed E-state index contributed by atoms with van der Waals surface area (Å²) >= 11 is 5.96. The Morgan fingerprint density at radius 1 is 1.38 bits per heavy atom. The lowest BCUT2D eigenvalue weighted by Gasteiger charge is -2.08. The first-order valence-corrected chi connectivity index (χ1v) is 7.93. The maximum absolute atomic E-state index is 12.6. The quantitative estimate of drug-likeness (QED) is 0.540. The zero-order valence-electron chi connectivity index (χ0n) is 13.9. The number of amides is 1. The predicted octanol–water partition coefficient (Wildman–Crippen LogP) is 3.35. The topological polar surface area (TPSA) is 116 Å². The summed E-state index contributed by atoms with van der Waals surface area (Å²) in [7, 11) is 0. The van der Waals surface area contributed by atoms with E-state index in [0.29, 0.717) is 22.0 Å². The smallest absolute Gasteiger partial charge is 0.361 e. The number of carbonyl (C=O) groups is 1. The van der Waals surface area contributed by atoms with Crippen molar-refractivity contribution >= 4 is 29.0 Å². The van der Waals surface area contributed by atoms with E-state index in [4.69, 9.17) is 16.1 Å². The average molecular weight is 376 g/mol. The Bertz CT molecular complexity index is 994. The van der Waals surface area contributed by atoms with E-state index in [2.05, 4.69) is 15.6 Å². The minimum Gasteiger partial charge on any atom is -0.361 e. The van der Waals surface area contributed by atoms with Gasteiger partial charge < -0.3 is 20.0 Å². The molecule has 0 radical (unpaired) electrons. The average Bonchev–Trinajstić information content (AvgIpc) is 3.19. The number of benzene rings is 1. The highest BCUT2D eigenvalue weighted by molar-refractivity contribution is 6.31. The van der Waals surface area contributed by atoms with E-state index in [9.17, 15) is 14.9 Å². The summed E-state index contributed by atoms with van der Waals surface area (Å²) in [5.41, 5.74) is 1.97. The third kappa shape index (κ3) is 3.57. The summed E-state index contributed by atoms with van der Waals surface area (Å²) in [4.78, 5) is 22.8. The van der Waals surface area contributed by atoms with Crippen molar-refractivity contribution in [3.63, 3.8) is 0 Å². The molecule has 0 aliphatic heterocycles. The normalized spacial score (nSPS) is 10.7. The van der Waals surface area contributed by atoms with Crippen molar-refractivity contribution in [3.8, 4) is 0 Å². The van der Waals surface area contributed by atoms with Crippen LogP contribution in [0, 0.1) is 24.0 Å². The van der Waals surface area contributed by atoms with Crippen LogP contribution in [0.5, 0.6) is 0 Å². The van der Waals surface area contributed by atoms with Crippen LogP contribution in [0.15, 0.2) is 35.0 Å². The van der Waals surface area contributed by atoms with Crippen LogP contribution in [-0.2, 0) is 6.54 Å². The Kier molecular flexibility index (Phi) is 4.72. The van der Waals surface area contributed by atoms with Gasteiger partial charge in [0.2, 0.25) is 0 Å². The van der Waals surface area contributed by atoms with Gasteiger partial charge in [-0.1, -0.05) is 22.8 Å². The van der Waals surface area contributed by atoms with Gasteiger partial charge in [0.1, 0.15) is 5.76 Å². The molecule has 1 aromatic carbocycles. The number of anilines is 1. The van der Waals surface area contributed by atoms with Crippen LogP contribution in [0.3, 0.4) is 0 Å². The molecule has 2 aromatic heterocycles. The summed E-state index contributed by atoms with van der Waals surface area (Å²) in [5.74, 6) is -0.320. The lowest BCUT2D eigenvalue weighted by atomic mass is 10.1. The van der Waals surface area contributed by atoms with Crippen molar-refractivity contribution in [1.82, 2.24) is 14.9 Å². The van der Waals surface area contributed by atoms with E-state index in [1.54, 1.807) is 25.1 Å². The van der Waals surface area contributed by atoms with Gasteiger partial charge in [-0.15, -0.1) is 0 Å². The maximum atomic E-state index is 12.6. The first kappa shape index (κ1) is 17.6. The number of nitro groups is 1. The Balaban J connectivity index is 1.85. The van der Waals surface area contributed by atoms with Crippen LogP contribution in [0.2, 0.25) is 5.02 Å². The summed E-state index contributed by atoms with van der Waals surface area (Å²) < 4.78 is 6.47. The number of halogens is 1. The van der Waals surface area contributed by atoms with E-state index in [0.717, 1.165) is 5.56 Å². The van der Waals surface area contributed by atoms with E-state index in [-0.39, 0.29) is 18.1 Å². The van der Waals surface area contributed by atoms with E-state index in [1.807, 2.05) is 6.92 Å². The van der Waals surface area contributed by atoms with Crippen LogP contribution in [0.4, 0.5) is 11.5 Å². The number of aromatic nitrogens is 3. The molecular weight excluding hydrogens is 362 g/mol. The highest BCUT2D eigenvalue weighted by Crippen LogP contribution is 2.22. The molecule has 0 atom stereocenters. The van der Waals surface area contributed by atoms with Crippen LogP contribution in [-0.4, -0.2) is 25.8 Å². The lowest BCUT2D eigenvalue weighted by molar-refractivity contribution is -0.389. The molecule has 0 aliphatic carbocycles. The number of nitrogens with zero attached hydrogens (tertiary/aromatic N) is 4. The molecular formula is C16H14ClN5O4. The van der Waals surface area contributed by atoms with Gasteiger partial charge in [0.05, 0.1) is 29.5 Å². The summed E-state index contributed by atoms with van der Waals surface area (Å²) in [6.45, 7) is 3.60. The van der Waals surface area contributed by atoms with Crippen molar-refractivity contribution in [2.45, 2.75) is 20.4 Å². The molecule has 0 saturated heterocycles. The molecule has 0 bridgehead atoms. The number of aryl methyl sites for hydroxylation is 2. The molecule has 0 aliphatic rings. The van der Waals surface area contributed by atoms with Crippen LogP contribution < -0.4 is 5.32 Å². The minimum atomic E-state index is -0.591. The standard InChI is InChI=1S/C16H14ClN5O4/c1-9-3-4-11(17)7-13(9)18-16(23)15-12(10(2)26-20-15)8-21-6-5-14(19-21)22(24)25/h3-7H,8H2,1-2H3,(H,18,23). The minimum absolute atomic E-state index is 0.0834. The second-order valence-corrected chi connectivity index (χ2v) is 6.04. The van der Waals surface area contributed by atoms with E-state index < -0.39 is 10.8 Å². The second kappa shape index (κ2) is 6.96. The first-order valence-electron chi connectivity index (χ1n) is 7.55. The fourth-order valence-electron chi connectivity index (χ4n) is 2.36. The molecule has 1 amide bonds. The summed E-state index contributed by atoms with van der Waals surface area (Å²) in [6.07, 6.45) is 1.45. The zero-order chi connectivity index (χ0) is 18.8. The number of rotatable bonds is 5. The third-order valence-corrected chi connectivity index (χ3v) is 4.02. The zero-order valence-corrected chi connectivity index (χ0v) is 14.6. The molecule has 3 rings (SSSR count). The Labute approximate surface area is 152 Å². The van der Waals surface area contributed by atoms with Crippen molar-refractivity contribution in [2.75, 3.05) is 5.32 Å². The van der Waals surface area contributed by atoms with E-state index >= 15 is 0 Å². The van der Waals surface area contributed by atoms with Crippen LogP contribution in [0.1, 0.15) is 27.4 Å². The fraction of sp³-hybridized carbons (Fsp3) is 0.188. The van der Waals surface area contributed by atoms with Crippen molar-refractivity contribution in [1.29, 1.82) is 0 Å². The SMILES string of the molecule is Cc1ccc(Cl)cc1NC(=O)c1noc(C)c1Cn1ccc([N+](=O)[O-])n1. The molecule has 10 heteroatoms. The van der Waals surface area contributed by atoms with Gasteiger partial charge in [0.15, 0.2) is 5.69 Å². The van der Waals surface area contributed by atoms with Gasteiger partial charge in [0.25, 0.3) is 5.91 Å². The number of hydrogen-bond donors (Lipinski definition) is 1. The fourth-order valence-corrected chi connectivity index (χ4v) is 2.54. The lowest BCUT2D eigenvalue weighted by Crippen LogP contribution is -2.16. The Morgan fingerprint density at radius 2 is 2.15 bits per heavy atom. The molecule has 134 valence electrons. The van der Waals surface area contributed by atoms with Crippen molar-refractivity contribution in [3.05, 3.63) is 68.2 Å². The van der Waals surface area contributed by atoms with Gasteiger partial charge in [-0.25, -0.2) is 0 Å². The maximum Gasteiger partial charge on any atom is 0.389 e. The molecule has 26 heavy (non-hydrogen) atoms. The highest BCUT2D eigenvalue weighted by Gasteiger charge is 2.22. The van der Waals surface area contributed by atoms with Crippen molar-refractivity contribution in [2.24, 2.45) is 0 Å². The molecule has 0 unspecified atom stereocenters. The molecule has 3 aromatic rings. The summed E-state index contributed by atoms with van der Waals surface area (Å²) in [5, 5.41) is 21.6.